The Bertz CT molecular complexity index is 2430. The van der Waals surface area contributed by atoms with E-state index in [1.807, 2.05) is 50.5 Å². The van der Waals surface area contributed by atoms with E-state index in [9.17, 15) is 29.2 Å². The van der Waals surface area contributed by atoms with Crippen LogP contribution in [-0.2, 0) is 19.8 Å². The number of fused-ring (bicyclic) bond motifs is 2. The summed E-state index contributed by atoms with van der Waals surface area (Å²) in [6.45, 7) is 9.85. The van der Waals surface area contributed by atoms with Crippen molar-refractivity contribution in [3.05, 3.63) is 94.3 Å². The smallest absolute Gasteiger partial charge is 0.262 e. The lowest BCUT2D eigenvalue weighted by molar-refractivity contribution is -0.136. The van der Waals surface area contributed by atoms with Crippen LogP contribution in [0.3, 0.4) is 0 Å². The van der Waals surface area contributed by atoms with Gasteiger partial charge in [-0.3, -0.25) is 44.0 Å². The molecule has 0 saturated carbocycles. The Morgan fingerprint density at radius 2 is 1.56 bits per heavy atom. The van der Waals surface area contributed by atoms with E-state index in [0.29, 0.717) is 33.6 Å². The Labute approximate surface area is 333 Å². The quantitative estimate of drug-likeness (QED) is 0.266. The number of hydrogen-bond donors (Lipinski definition) is 1. The predicted molar refractivity (Wildman–Crippen MR) is 211 cm³/mol. The van der Waals surface area contributed by atoms with Crippen molar-refractivity contribution >= 4 is 63.9 Å². The molecular weight excluding hydrogens is 746 g/mol. The molecule has 6 heterocycles. The summed E-state index contributed by atoms with van der Waals surface area (Å²) in [6.07, 6.45) is 3.92. The number of halogens is 1. The summed E-state index contributed by atoms with van der Waals surface area (Å²) in [5, 5.41) is 11.8. The molecule has 57 heavy (non-hydrogen) atoms. The summed E-state index contributed by atoms with van der Waals surface area (Å²) >= 11 is 6.32. The molecule has 1 aromatic heterocycles. The summed E-state index contributed by atoms with van der Waals surface area (Å²) in [7, 11) is 0. The van der Waals surface area contributed by atoms with Crippen molar-refractivity contribution in [2.45, 2.75) is 38.1 Å². The average Bonchev–Trinajstić information content (AvgIpc) is 3.56. The van der Waals surface area contributed by atoms with Gasteiger partial charge in [0, 0.05) is 69.4 Å². The minimum atomic E-state index is -0.981. The third kappa shape index (κ3) is 6.18. The van der Waals surface area contributed by atoms with Crippen molar-refractivity contribution in [2.75, 3.05) is 60.5 Å². The average molecular weight is 784 g/mol. The standard InChI is InChI=1S/C42H38ClN9O5/c1-42(2)32-15-25(4-8-34(32)51(41(42)57)28-5-3-26(18-44)33(43)17-28)37-45-19-29(20-46-37)50-22-24(23-50)21-48-11-13-49(14-12-48)27-6-7-30-31(16-27)40(56)52(39(30)55)35-9-10-36(53)47-38(35)54/h3-8,15-17,19-20,24,35H,9-14,21-23H2,1-2H3,(H,47,53,54). The van der Waals surface area contributed by atoms with E-state index in [1.165, 1.54) is 0 Å². The molecule has 3 fully saturated rings. The van der Waals surface area contributed by atoms with Crippen molar-refractivity contribution in [1.29, 1.82) is 5.26 Å². The summed E-state index contributed by atoms with van der Waals surface area (Å²) < 4.78 is 0. The third-order valence-electron chi connectivity index (χ3n) is 11.9. The highest BCUT2D eigenvalue weighted by atomic mass is 35.5. The lowest BCUT2D eigenvalue weighted by Gasteiger charge is -2.44. The Morgan fingerprint density at radius 3 is 2.26 bits per heavy atom. The van der Waals surface area contributed by atoms with Gasteiger partial charge < -0.3 is 9.80 Å². The summed E-state index contributed by atoms with van der Waals surface area (Å²) in [5.74, 6) is -1.02. The van der Waals surface area contributed by atoms with Gasteiger partial charge >= 0.3 is 0 Å². The van der Waals surface area contributed by atoms with Crippen molar-refractivity contribution < 1.29 is 24.0 Å². The lowest BCUT2D eigenvalue weighted by Crippen LogP contribution is -2.55. The van der Waals surface area contributed by atoms with Crippen molar-refractivity contribution in [3.63, 3.8) is 0 Å². The number of nitrogens with zero attached hydrogens (tertiary/aromatic N) is 8. The van der Waals surface area contributed by atoms with Gasteiger partial charge in [0.2, 0.25) is 17.7 Å². The summed E-state index contributed by atoms with van der Waals surface area (Å²) in [4.78, 5) is 83.1. The van der Waals surface area contributed by atoms with Gasteiger partial charge in [-0.25, -0.2) is 9.97 Å². The number of imide groups is 2. The van der Waals surface area contributed by atoms with E-state index >= 15 is 0 Å². The van der Waals surface area contributed by atoms with Gasteiger partial charge in [-0.1, -0.05) is 11.6 Å². The first-order valence-electron chi connectivity index (χ1n) is 19.0. The topological polar surface area (TPSA) is 163 Å². The fourth-order valence-electron chi connectivity index (χ4n) is 8.60. The molecule has 5 amide bonds. The van der Waals surface area contributed by atoms with E-state index in [-0.39, 0.29) is 24.3 Å². The molecule has 0 aliphatic carbocycles. The molecule has 1 atom stereocenters. The monoisotopic (exact) mass is 783 g/mol. The molecule has 1 unspecified atom stereocenters. The zero-order chi connectivity index (χ0) is 39.7. The van der Waals surface area contributed by atoms with Crippen LogP contribution in [0, 0.1) is 17.2 Å². The maximum absolute atomic E-state index is 13.6. The van der Waals surface area contributed by atoms with Gasteiger partial charge in [-0.05, 0) is 80.4 Å². The normalized spacial score (nSPS) is 20.7. The van der Waals surface area contributed by atoms with Crippen LogP contribution >= 0.6 is 11.6 Å². The Kier molecular flexibility index (Phi) is 8.82. The number of benzene rings is 3. The number of rotatable bonds is 7. The van der Waals surface area contributed by atoms with Gasteiger partial charge in [0.25, 0.3) is 11.8 Å². The highest BCUT2D eigenvalue weighted by Gasteiger charge is 2.46. The largest absolute Gasteiger partial charge is 0.369 e. The molecule has 3 aromatic carbocycles. The molecule has 0 bridgehead atoms. The van der Waals surface area contributed by atoms with E-state index < -0.39 is 35.1 Å². The van der Waals surface area contributed by atoms with Crippen molar-refractivity contribution in [3.8, 4) is 17.5 Å². The molecule has 0 radical (unpaired) electrons. The van der Waals surface area contributed by atoms with E-state index in [2.05, 4.69) is 26.1 Å². The maximum Gasteiger partial charge on any atom is 0.262 e. The molecule has 14 nitrogen and oxygen atoms in total. The molecule has 5 aliphatic heterocycles. The minimum absolute atomic E-state index is 0.0849. The first-order chi connectivity index (χ1) is 27.4. The predicted octanol–water partition coefficient (Wildman–Crippen LogP) is 4.28. The van der Waals surface area contributed by atoms with E-state index in [4.69, 9.17) is 21.6 Å². The number of nitriles is 1. The van der Waals surface area contributed by atoms with Gasteiger partial charge in [0.15, 0.2) is 5.82 Å². The number of hydrogen-bond acceptors (Lipinski definition) is 11. The Hall–Kier alpha value is -6.17. The number of aromatic nitrogens is 2. The van der Waals surface area contributed by atoms with Gasteiger partial charge in [0.1, 0.15) is 12.1 Å². The number of piperazine rings is 1. The number of carbonyl (C=O) groups is 5. The second kappa shape index (κ2) is 13.8. The van der Waals surface area contributed by atoms with Crippen molar-refractivity contribution in [2.24, 2.45) is 5.92 Å². The van der Waals surface area contributed by atoms with E-state index in [1.54, 1.807) is 35.2 Å². The van der Waals surface area contributed by atoms with Crippen LogP contribution in [0.2, 0.25) is 5.02 Å². The molecule has 288 valence electrons. The molecule has 5 aliphatic rings. The molecule has 15 heteroatoms. The second-order valence-corrected chi connectivity index (χ2v) is 16.2. The first-order valence-corrected chi connectivity index (χ1v) is 19.4. The second-order valence-electron chi connectivity index (χ2n) is 15.8. The van der Waals surface area contributed by atoms with Crippen LogP contribution in [-0.4, -0.2) is 101 Å². The van der Waals surface area contributed by atoms with Gasteiger partial charge in [-0.15, -0.1) is 0 Å². The maximum atomic E-state index is 13.6. The van der Waals surface area contributed by atoms with Crippen LogP contribution < -0.4 is 20.0 Å². The number of amides is 5. The fraction of sp³-hybridized carbons (Fsp3) is 0.333. The van der Waals surface area contributed by atoms with E-state index in [0.717, 1.165) is 78.9 Å². The van der Waals surface area contributed by atoms with Crippen LogP contribution in [0.1, 0.15) is 58.5 Å². The first kappa shape index (κ1) is 36.5. The number of nitrogens with one attached hydrogen (secondary N) is 1. The lowest BCUT2D eigenvalue weighted by atomic mass is 9.85. The van der Waals surface area contributed by atoms with Crippen molar-refractivity contribution in [1.82, 2.24) is 25.1 Å². The van der Waals surface area contributed by atoms with Crippen LogP contribution in [0.25, 0.3) is 11.4 Å². The van der Waals surface area contributed by atoms with Gasteiger partial charge in [-0.2, -0.15) is 5.26 Å². The third-order valence-corrected chi connectivity index (χ3v) is 12.2. The molecule has 9 rings (SSSR count). The molecular formula is C42H38ClN9O5. The molecule has 1 N–H and O–H groups in total. The Morgan fingerprint density at radius 1 is 0.842 bits per heavy atom. The fourth-order valence-corrected chi connectivity index (χ4v) is 8.82. The summed E-state index contributed by atoms with van der Waals surface area (Å²) in [6, 6.07) is 17.2. The summed E-state index contributed by atoms with van der Waals surface area (Å²) in [5.41, 5.74) is 5.01. The highest BCUT2D eigenvalue weighted by molar-refractivity contribution is 6.32. The number of piperidine rings is 1. The number of carbonyl (C=O) groups excluding carboxylic acids is 5. The van der Waals surface area contributed by atoms with Crippen LogP contribution in [0.4, 0.5) is 22.7 Å². The minimum Gasteiger partial charge on any atom is -0.369 e. The zero-order valence-electron chi connectivity index (χ0n) is 31.4. The SMILES string of the molecule is CC1(C)C(=O)N(c2ccc(C#N)c(Cl)c2)c2ccc(-c3ncc(N4CC(CN5CCN(c6ccc7c(c6)C(=O)N(C6CCC(=O)NC6=O)C7=O)CC5)C4)cn3)cc21. The number of anilines is 4. The Balaban J connectivity index is 0.787. The molecule has 3 saturated heterocycles. The van der Waals surface area contributed by atoms with Crippen LogP contribution in [0.5, 0.6) is 0 Å². The molecule has 4 aromatic rings. The molecule has 0 spiro atoms. The zero-order valence-corrected chi connectivity index (χ0v) is 32.1. The highest BCUT2D eigenvalue weighted by Crippen LogP contribution is 2.47. The van der Waals surface area contributed by atoms with Gasteiger partial charge in [0.05, 0.1) is 56.6 Å². The van der Waals surface area contributed by atoms with Crippen LogP contribution in [0.15, 0.2) is 67.0 Å².